The molecule has 2 heteroatoms. The lowest BCUT2D eigenvalue weighted by molar-refractivity contribution is 0.670. The number of benzene rings is 8. The average Bonchev–Trinajstić information content (AvgIpc) is 3.66. The molecule has 0 amide bonds. The molecule has 9 rings (SSSR count). The lowest BCUT2D eigenvalue weighted by atomic mass is 9.92. The summed E-state index contributed by atoms with van der Waals surface area (Å²) in [6.45, 7) is 4.10. The minimum Gasteiger partial charge on any atom is -0.455 e. The van der Waals surface area contributed by atoms with Gasteiger partial charge in [0.25, 0.3) is 0 Å². The van der Waals surface area contributed by atoms with Gasteiger partial charge in [0, 0.05) is 39.3 Å². The van der Waals surface area contributed by atoms with Gasteiger partial charge in [0.15, 0.2) is 0 Å². The summed E-state index contributed by atoms with van der Waals surface area (Å²) in [4.78, 5) is 2.35. The van der Waals surface area contributed by atoms with E-state index in [1.165, 1.54) is 16.7 Å². The number of hydrogen-bond donors (Lipinski definition) is 0. The zero-order valence-electron chi connectivity index (χ0n) is 31.1. The summed E-state index contributed by atoms with van der Waals surface area (Å²) < 4.78 is 6.55. The third kappa shape index (κ3) is 6.97. The first-order valence-corrected chi connectivity index (χ1v) is 19.2. The molecule has 0 aliphatic carbocycles. The van der Waals surface area contributed by atoms with Crippen molar-refractivity contribution >= 4 is 45.1 Å². The number of rotatable bonds is 11. The number of hydrogen-bond acceptors (Lipinski definition) is 2. The van der Waals surface area contributed by atoms with Crippen LogP contribution in [0.15, 0.2) is 223 Å². The Hall–Kier alpha value is -7.16. The molecule has 0 saturated carbocycles. The molecule has 0 aliphatic heterocycles. The Kier molecular flexibility index (Phi) is 9.68. The molecule has 268 valence electrons. The summed E-state index contributed by atoms with van der Waals surface area (Å²) >= 11 is 0. The van der Waals surface area contributed by atoms with Crippen LogP contribution in [0.4, 0.5) is 17.1 Å². The molecule has 0 radical (unpaired) electrons. The van der Waals surface area contributed by atoms with Crippen molar-refractivity contribution in [3.63, 3.8) is 0 Å². The van der Waals surface area contributed by atoms with Gasteiger partial charge in [-0.15, -0.1) is 6.58 Å². The smallest absolute Gasteiger partial charge is 0.143 e. The molecule has 0 N–H and O–H groups in total. The van der Waals surface area contributed by atoms with Gasteiger partial charge in [-0.1, -0.05) is 176 Å². The fourth-order valence-electron chi connectivity index (χ4n) is 7.76. The number of furan rings is 1. The maximum absolute atomic E-state index is 6.55. The van der Waals surface area contributed by atoms with Crippen LogP contribution in [0.2, 0.25) is 0 Å². The van der Waals surface area contributed by atoms with Crippen molar-refractivity contribution in [3.8, 4) is 33.4 Å². The Labute approximate surface area is 329 Å². The molecule has 9 aromatic rings. The standard InChI is InChI=1S/C54H41NO/c1-2-40(41-17-6-3-7-18-41)23-14-16-39-28-32-45(33-29-39)55(46-34-30-43(31-35-46)42-19-8-4-9-20-42)47-36-37-48(52(38-47)44-21-10-5-11-22-44)50-25-15-26-51-49-24-12-13-27-53(49)56-54(50)51/h2-22,24-38,40H,1,23H2/b16-14+. The van der Waals surface area contributed by atoms with Crippen molar-refractivity contribution in [2.24, 2.45) is 0 Å². The zero-order valence-corrected chi connectivity index (χ0v) is 31.1. The summed E-state index contributed by atoms with van der Waals surface area (Å²) in [6.07, 6.45) is 7.40. The topological polar surface area (TPSA) is 16.4 Å². The molecule has 1 heterocycles. The lowest BCUT2D eigenvalue weighted by Crippen LogP contribution is -2.10. The molecule has 2 nitrogen and oxygen atoms in total. The predicted molar refractivity (Wildman–Crippen MR) is 238 cm³/mol. The van der Waals surface area contributed by atoms with E-state index in [-0.39, 0.29) is 5.92 Å². The largest absolute Gasteiger partial charge is 0.455 e. The van der Waals surface area contributed by atoms with Crippen molar-refractivity contribution in [2.75, 3.05) is 4.90 Å². The molecule has 56 heavy (non-hydrogen) atoms. The number of para-hydroxylation sites is 2. The van der Waals surface area contributed by atoms with Crippen LogP contribution in [0, 0.1) is 0 Å². The predicted octanol–water partition coefficient (Wildman–Crippen LogP) is 15.4. The van der Waals surface area contributed by atoms with Crippen LogP contribution in [0.25, 0.3) is 61.4 Å². The quantitative estimate of drug-likeness (QED) is 0.124. The summed E-state index contributed by atoms with van der Waals surface area (Å²) in [5.74, 6) is 0.279. The van der Waals surface area contributed by atoms with E-state index >= 15 is 0 Å². The fourth-order valence-corrected chi connectivity index (χ4v) is 7.76. The van der Waals surface area contributed by atoms with Crippen LogP contribution in [0.5, 0.6) is 0 Å². The van der Waals surface area contributed by atoms with Crippen LogP contribution < -0.4 is 4.90 Å². The highest BCUT2D eigenvalue weighted by Gasteiger charge is 2.19. The molecule has 1 aromatic heterocycles. The maximum atomic E-state index is 6.55. The van der Waals surface area contributed by atoms with E-state index < -0.39 is 0 Å². The normalized spacial score (nSPS) is 11.9. The molecule has 1 atom stereocenters. The summed E-state index contributed by atoms with van der Waals surface area (Å²) in [5, 5.41) is 2.25. The van der Waals surface area contributed by atoms with Crippen LogP contribution in [0.3, 0.4) is 0 Å². The lowest BCUT2D eigenvalue weighted by Gasteiger charge is -2.27. The zero-order chi connectivity index (χ0) is 37.7. The van der Waals surface area contributed by atoms with Crippen molar-refractivity contribution in [1.29, 1.82) is 0 Å². The monoisotopic (exact) mass is 719 g/mol. The Morgan fingerprint density at radius 3 is 1.79 bits per heavy atom. The van der Waals surface area contributed by atoms with Gasteiger partial charge < -0.3 is 9.32 Å². The van der Waals surface area contributed by atoms with Gasteiger partial charge in [-0.2, -0.15) is 0 Å². The maximum Gasteiger partial charge on any atom is 0.143 e. The molecule has 0 fully saturated rings. The molecule has 8 aromatic carbocycles. The third-order valence-electron chi connectivity index (χ3n) is 10.6. The fraction of sp³-hybridized carbons (Fsp3) is 0.0370. The first-order chi connectivity index (χ1) is 27.7. The van der Waals surface area contributed by atoms with Crippen LogP contribution in [-0.2, 0) is 0 Å². The molecule has 0 spiro atoms. The second-order valence-corrected chi connectivity index (χ2v) is 14.1. The summed E-state index contributed by atoms with van der Waals surface area (Å²) in [7, 11) is 0. The van der Waals surface area contributed by atoms with Gasteiger partial charge in [0.1, 0.15) is 11.2 Å². The van der Waals surface area contributed by atoms with E-state index in [1.807, 2.05) is 18.2 Å². The Morgan fingerprint density at radius 1 is 0.482 bits per heavy atom. The highest BCUT2D eigenvalue weighted by molar-refractivity contribution is 6.10. The average molecular weight is 720 g/mol. The van der Waals surface area contributed by atoms with E-state index in [1.54, 1.807) is 0 Å². The summed E-state index contributed by atoms with van der Waals surface area (Å²) in [5.41, 5.74) is 14.3. The second-order valence-electron chi connectivity index (χ2n) is 14.1. The van der Waals surface area contributed by atoms with Crippen LogP contribution in [0.1, 0.15) is 23.5 Å². The highest BCUT2D eigenvalue weighted by Crippen LogP contribution is 2.44. The van der Waals surface area contributed by atoms with Gasteiger partial charge in [-0.25, -0.2) is 0 Å². The summed E-state index contributed by atoms with van der Waals surface area (Å²) in [6, 6.07) is 71.1. The van der Waals surface area contributed by atoms with Crippen molar-refractivity contribution in [1.82, 2.24) is 0 Å². The van der Waals surface area contributed by atoms with Crippen molar-refractivity contribution in [2.45, 2.75) is 12.3 Å². The molecule has 1 unspecified atom stereocenters. The van der Waals surface area contributed by atoms with Crippen molar-refractivity contribution in [3.05, 3.63) is 230 Å². The van der Waals surface area contributed by atoms with Gasteiger partial charge in [0.05, 0.1) is 0 Å². The number of fused-ring (bicyclic) bond motifs is 3. The van der Waals surface area contributed by atoms with E-state index in [2.05, 4.69) is 212 Å². The Morgan fingerprint density at radius 2 is 1.07 bits per heavy atom. The first-order valence-electron chi connectivity index (χ1n) is 19.2. The number of nitrogens with zero attached hydrogens (tertiary/aromatic N) is 1. The van der Waals surface area contributed by atoms with Crippen LogP contribution >= 0.6 is 0 Å². The van der Waals surface area contributed by atoms with Gasteiger partial charge in [-0.05, 0) is 87.8 Å². The Balaban J connectivity index is 1.13. The minimum atomic E-state index is 0.279. The van der Waals surface area contributed by atoms with E-state index in [9.17, 15) is 0 Å². The second kappa shape index (κ2) is 15.7. The molecule has 0 saturated heterocycles. The van der Waals surface area contributed by atoms with Crippen molar-refractivity contribution < 1.29 is 4.42 Å². The van der Waals surface area contributed by atoms with Gasteiger partial charge >= 0.3 is 0 Å². The van der Waals surface area contributed by atoms with Crippen LogP contribution in [-0.4, -0.2) is 0 Å². The minimum absolute atomic E-state index is 0.279. The van der Waals surface area contributed by atoms with E-state index in [0.29, 0.717) is 0 Å². The molecule has 0 aliphatic rings. The number of anilines is 3. The number of allylic oxidation sites excluding steroid dienone is 2. The molecular formula is C54H41NO. The molecule has 0 bridgehead atoms. The Bertz CT molecular complexity index is 2760. The molecular weight excluding hydrogens is 679 g/mol. The SMILES string of the molecule is C=CC(C/C=C/c1ccc(N(c2ccc(-c3ccccc3)cc2)c2ccc(-c3cccc4c3oc3ccccc34)c(-c3ccccc3)c2)cc1)c1ccccc1. The van der Waals surface area contributed by atoms with Gasteiger partial charge in [-0.3, -0.25) is 0 Å². The highest BCUT2D eigenvalue weighted by atomic mass is 16.3. The van der Waals surface area contributed by atoms with Gasteiger partial charge in [0.2, 0.25) is 0 Å². The third-order valence-corrected chi connectivity index (χ3v) is 10.6. The van der Waals surface area contributed by atoms with E-state index in [4.69, 9.17) is 4.42 Å². The van der Waals surface area contributed by atoms with E-state index in [0.717, 1.165) is 73.2 Å². The first kappa shape index (κ1) is 34.6.